The summed E-state index contributed by atoms with van der Waals surface area (Å²) < 4.78 is 29.9. The SMILES string of the molecule is Cc1ccc(S(=O)(=O)N(CC(=O)N(Cc2cccc(Br)c2)[C@@H](C)C(=O)NCC(C)C)c2cc(C)cc(C)c2)cc1. The number of amides is 2. The lowest BCUT2D eigenvalue weighted by atomic mass is 10.1. The van der Waals surface area contributed by atoms with Crippen molar-refractivity contribution in [3.05, 3.63) is 93.5 Å². The van der Waals surface area contributed by atoms with Gasteiger partial charge < -0.3 is 10.2 Å². The molecule has 0 saturated heterocycles. The lowest BCUT2D eigenvalue weighted by Crippen LogP contribution is -2.51. The number of carbonyl (C=O) groups excluding carboxylic acids is 2. The lowest BCUT2D eigenvalue weighted by Gasteiger charge is -2.32. The molecule has 0 aromatic heterocycles. The number of aryl methyl sites for hydroxylation is 3. The second-order valence-electron chi connectivity index (χ2n) is 10.6. The number of nitrogens with one attached hydrogen (secondary N) is 1. The quantitative estimate of drug-likeness (QED) is 0.293. The third kappa shape index (κ3) is 8.17. The zero-order chi connectivity index (χ0) is 29.6. The molecule has 0 saturated carbocycles. The summed E-state index contributed by atoms with van der Waals surface area (Å²) in [6.07, 6.45) is 0. The third-order valence-corrected chi connectivity index (χ3v) is 8.76. The van der Waals surface area contributed by atoms with Gasteiger partial charge in [-0.3, -0.25) is 13.9 Å². The molecule has 0 fully saturated rings. The molecule has 0 heterocycles. The molecule has 214 valence electrons. The van der Waals surface area contributed by atoms with E-state index < -0.39 is 28.5 Å². The fraction of sp³-hybridized carbons (Fsp3) is 0.355. The Morgan fingerprint density at radius 3 is 2.08 bits per heavy atom. The molecular formula is C31H38BrN3O4S. The summed E-state index contributed by atoms with van der Waals surface area (Å²) in [4.78, 5) is 28.7. The van der Waals surface area contributed by atoms with Crippen molar-refractivity contribution in [1.29, 1.82) is 0 Å². The molecule has 0 radical (unpaired) electrons. The molecule has 0 bridgehead atoms. The van der Waals surface area contributed by atoms with Crippen LogP contribution in [0.5, 0.6) is 0 Å². The molecule has 1 atom stereocenters. The first kappa shape index (κ1) is 31.4. The first-order chi connectivity index (χ1) is 18.8. The van der Waals surface area contributed by atoms with Crippen molar-refractivity contribution >= 4 is 43.5 Å². The standard InChI is InChI=1S/C31H38BrN3O4S/c1-21(2)18-33-31(37)25(6)34(19-26-8-7-9-27(32)17-26)30(36)20-35(28-15-23(4)14-24(5)16-28)40(38,39)29-12-10-22(3)11-13-29/h7-17,21,25H,18-20H2,1-6H3,(H,33,37)/t25-/m0/s1. The lowest BCUT2D eigenvalue weighted by molar-refractivity contribution is -0.139. The highest BCUT2D eigenvalue weighted by Crippen LogP contribution is 2.27. The summed E-state index contributed by atoms with van der Waals surface area (Å²) in [7, 11) is -4.10. The Hall–Kier alpha value is -3.17. The van der Waals surface area contributed by atoms with Crippen LogP contribution in [0.15, 0.2) is 76.1 Å². The van der Waals surface area contributed by atoms with Crippen molar-refractivity contribution < 1.29 is 18.0 Å². The third-order valence-electron chi connectivity index (χ3n) is 6.48. The molecule has 2 amide bonds. The van der Waals surface area contributed by atoms with Crippen molar-refractivity contribution in [2.45, 2.75) is 59.0 Å². The Balaban J connectivity index is 2.05. The molecule has 0 aliphatic carbocycles. The highest BCUT2D eigenvalue weighted by Gasteiger charge is 2.32. The van der Waals surface area contributed by atoms with E-state index in [0.29, 0.717) is 12.2 Å². The van der Waals surface area contributed by atoms with Gasteiger partial charge in [-0.15, -0.1) is 0 Å². The van der Waals surface area contributed by atoms with Crippen molar-refractivity contribution in [1.82, 2.24) is 10.2 Å². The van der Waals surface area contributed by atoms with E-state index in [1.165, 1.54) is 4.90 Å². The Kier molecular flexibility index (Phi) is 10.6. The minimum absolute atomic E-state index is 0.0892. The van der Waals surface area contributed by atoms with Crippen LogP contribution in [0.25, 0.3) is 0 Å². The molecule has 9 heteroatoms. The maximum absolute atomic E-state index is 14.0. The van der Waals surface area contributed by atoms with Gasteiger partial charge in [-0.2, -0.15) is 0 Å². The van der Waals surface area contributed by atoms with Gasteiger partial charge in [0.05, 0.1) is 10.6 Å². The molecule has 3 aromatic rings. The summed E-state index contributed by atoms with van der Waals surface area (Å²) in [5, 5.41) is 2.90. The fourth-order valence-electron chi connectivity index (χ4n) is 4.33. The van der Waals surface area contributed by atoms with Gasteiger partial charge in [0.1, 0.15) is 12.6 Å². The number of benzene rings is 3. The van der Waals surface area contributed by atoms with E-state index in [9.17, 15) is 18.0 Å². The molecule has 0 unspecified atom stereocenters. The van der Waals surface area contributed by atoms with Gasteiger partial charge in [0, 0.05) is 17.6 Å². The average Bonchev–Trinajstić information content (AvgIpc) is 2.88. The van der Waals surface area contributed by atoms with E-state index in [1.54, 1.807) is 43.3 Å². The van der Waals surface area contributed by atoms with Crippen molar-refractivity contribution in [3.63, 3.8) is 0 Å². The Morgan fingerprint density at radius 1 is 0.875 bits per heavy atom. The number of nitrogens with zero attached hydrogens (tertiary/aromatic N) is 2. The smallest absolute Gasteiger partial charge is 0.264 e. The van der Waals surface area contributed by atoms with Crippen LogP contribution in [0.3, 0.4) is 0 Å². The predicted octanol–water partition coefficient (Wildman–Crippen LogP) is 5.76. The van der Waals surface area contributed by atoms with Gasteiger partial charge in [0.2, 0.25) is 11.8 Å². The van der Waals surface area contributed by atoms with Crippen molar-refractivity contribution in [2.75, 3.05) is 17.4 Å². The second kappa shape index (κ2) is 13.5. The van der Waals surface area contributed by atoms with Crippen LogP contribution >= 0.6 is 15.9 Å². The molecule has 1 N–H and O–H groups in total. The van der Waals surface area contributed by atoms with E-state index in [-0.39, 0.29) is 23.3 Å². The highest BCUT2D eigenvalue weighted by atomic mass is 79.9. The molecule has 0 aliphatic rings. The largest absolute Gasteiger partial charge is 0.354 e. The number of rotatable bonds is 11. The summed E-state index contributed by atoms with van der Waals surface area (Å²) in [5.41, 5.74) is 3.88. The van der Waals surface area contributed by atoms with E-state index >= 15 is 0 Å². The van der Waals surface area contributed by atoms with Crippen LogP contribution in [0.1, 0.15) is 43.0 Å². The molecule has 0 spiro atoms. The maximum atomic E-state index is 14.0. The van der Waals surface area contributed by atoms with Crippen molar-refractivity contribution in [2.24, 2.45) is 5.92 Å². The van der Waals surface area contributed by atoms with Crippen LogP contribution in [0, 0.1) is 26.7 Å². The van der Waals surface area contributed by atoms with E-state index in [2.05, 4.69) is 21.2 Å². The normalized spacial score (nSPS) is 12.2. The van der Waals surface area contributed by atoms with Crippen LogP contribution in [-0.2, 0) is 26.2 Å². The Morgan fingerprint density at radius 2 is 1.50 bits per heavy atom. The summed E-state index contributed by atoms with van der Waals surface area (Å²) in [6.45, 7) is 11.5. The molecule has 7 nitrogen and oxygen atoms in total. The van der Waals surface area contributed by atoms with Crippen LogP contribution in [-0.4, -0.2) is 44.3 Å². The van der Waals surface area contributed by atoms with Gasteiger partial charge >= 0.3 is 0 Å². The number of hydrogen-bond donors (Lipinski definition) is 1. The number of hydrogen-bond acceptors (Lipinski definition) is 4. The van der Waals surface area contributed by atoms with Crippen molar-refractivity contribution in [3.8, 4) is 0 Å². The molecular weight excluding hydrogens is 590 g/mol. The Labute approximate surface area is 246 Å². The van der Waals surface area contributed by atoms with Crippen LogP contribution in [0.2, 0.25) is 0 Å². The Bertz CT molecular complexity index is 1440. The first-order valence-electron chi connectivity index (χ1n) is 13.3. The summed E-state index contributed by atoms with van der Waals surface area (Å²) in [6, 6.07) is 18.7. The number of carbonyl (C=O) groups is 2. The van der Waals surface area contributed by atoms with Gasteiger partial charge in [0.15, 0.2) is 0 Å². The minimum Gasteiger partial charge on any atom is -0.354 e. The molecule has 0 aliphatic heterocycles. The number of anilines is 1. The van der Waals surface area contributed by atoms with Gasteiger partial charge in [-0.05, 0) is 86.7 Å². The molecule has 3 aromatic carbocycles. The minimum atomic E-state index is -4.10. The van der Waals surface area contributed by atoms with Gasteiger partial charge in [-0.1, -0.05) is 65.7 Å². The summed E-state index contributed by atoms with van der Waals surface area (Å²) in [5.74, 6) is -0.538. The average molecular weight is 629 g/mol. The number of sulfonamides is 1. The van der Waals surface area contributed by atoms with E-state index in [4.69, 9.17) is 0 Å². The zero-order valence-electron chi connectivity index (χ0n) is 23.9. The number of halogens is 1. The first-order valence-corrected chi connectivity index (χ1v) is 15.5. The van der Waals surface area contributed by atoms with Gasteiger partial charge in [0.25, 0.3) is 10.0 Å². The van der Waals surface area contributed by atoms with E-state index in [0.717, 1.165) is 31.0 Å². The molecule has 3 rings (SSSR count). The summed E-state index contributed by atoms with van der Waals surface area (Å²) >= 11 is 3.47. The second-order valence-corrected chi connectivity index (χ2v) is 13.4. The van der Waals surface area contributed by atoms with Crippen LogP contribution < -0.4 is 9.62 Å². The topological polar surface area (TPSA) is 86.8 Å². The predicted molar refractivity (Wildman–Crippen MR) is 164 cm³/mol. The van der Waals surface area contributed by atoms with Gasteiger partial charge in [-0.25, -0.2) is 8.42 Å². The monoisotopic (exact) mass is 627 g/mol. The molecule has 40 heavy (non-hydrogen) atoms. The van der Waals surface area contributed by atoms with E-state index in [1.807, 2.05) is 65.0 Å². The highest BCUT2D eigenvalue weighted by molar-refractivity contribution is 9.10. The zero-order valence-corrected chi connectivity index (χ0v) is 26.3. The van der Waals surface area contributed by atoms with Crippen LogP contribution in [0.4, 0.5) is 5.69 Å². The fourth-order valence-corrected chi connectivity index (χ4v) is 6.17. The maximum Gasteiger partial charge on any atom is 0.264 e.